The van der Waals surface area contributed by atoms with Crippen molar-refractivity contribution in [1.29, 1.82) is 0 Å². The van der Waals surface area contributed by atoms with Crippen molar-refractivity contribution in [2.24, 2.45) is 5.16 Å². The Kier molecular flexibility index (Phi) is 5.80. The lowest BCUT2D eigenvalue weighted by atomic mass is 10.0. The molecule has 1 heterocycles. The molecule has 140 valence electrons. The third kappa shape index (κ3) is 4.49. The number of amides is 2. The fourth-order valence-electron chi connectivity index (χ4n) is 2.69. The molecule has 0 saturated heterocycles. The number of para-hydroxylation sites is 1. The molecule has 0 aromatic heterocycles. The SMILES string of the molecule is CCCNC(=O)c1ccccc1NC(=O)[C@@H]1CC(c2cccc(F)c2)=NO1. The van der Waals surface area contributed by atoms with Gasteiger partial charge in [-0.3, -0.25) is 9.59 Å². The van der Waals surface area contributed by atoms with E-state index in [1.54, 1.807) is 36.4 Å². The number of carbonyl (C=O) groups excluding carboxylic acids is 2. The monoisotopic (exact) mass is 369 g/mol. The van der Waals surface area contributed by atoms with Crippen LogP contribution in [-0.4, -0.2) is 30.2 Å². The summed E-state index contributed by atoms with van der Waals surface area (Å²) in [6.45, 7) is 2.51. The van der Waals surface area contributed by atoms with Crippen LogP contribution < -0.4 is 10.6 Å². The topological polar surface area (TPSA) is 79.8 Å². The van der Waals surface area contributed by atoms with Crippen molar-refractivity contribution in [1.82, 2.24) is 5.32 Å². The number of halogens is 1. The second-order valence-electron chi connectivity index (χ2n) is 6.14. The lowest BCUT2D eigenvalue weighted by molar-refractivity contribution is -0.125. The van der Waals surface area contributed by atoms with Gasteiger partial charge in [0.25, 0.3) is 11.8 Å². The second kappa shape index (κ2) is 8.44. The van der Waals surface area contributed by atoms with Gasteiger partial charge in [0.2, 0.25) is 6.10 Å². The quantitative estimate of drug-likeness (QED) is 0.821. The Hall–Kier alpha value is -3.22. The van der Waals surface area contributed by atoms with E-state index >= 15 is 0 Å². The van der Waals surface area contributed by atoms with E-state index in [2.05, 4.69) is 15.8 Å². The molecule has 3 rings (SSSR count). The summed E-state index contributed by atoms with van der Waals surface area (Å²) in [6.07, 6.45) is 0.200. The highest BCUT2D eigenvalue weighted by atomic mass is 19.1. The van der Waals surface area contributed by atoms with Crippen LogP contribution in [0.5, 0.6) is 0 Å². The maximum absolute atomic E-state index is 13.4. The maximum Gasteiger partial charge on any atom is 0.268 e. The Morgan fingerprint density at radius 1 is 1.22 bits per heavy atom. The highest BCUT2D eigenvalue weighted by Crippen LogP contribution is 2.21. The number of benzene rings is 2. The molecule has 0 bridgehead atoms. The number of anilines is 1. The standard InChI is InChI=1S/C20H20FN3O3/c1-2-10-22-19(25)15-8-3-4-9-16(15)23-20(26)18-12-17(24-27-18)13-6-5-7-14(21)11-13/h3-9,11,18H,2,10,12H2,1H3,(H,22,25)(H,23,26)/t18-/m0/s1. The third-order valence-electron chi connectivity index (χ3n) is 4.08. The van der Waals surface area contributed by atoms with E-state index in [1.165, 1.54) is 12.1 Å². The third-order valence-corrected chi connectivity index (χ3v) is 4.08. The van der Waals surface area contributed by atoms with E-state index in [-0.39, 0.29) is 18.1 Å². The molecule has 2 amide bonds. The summed E-state index contributed by atoms with van der Waals surface area (Å²) in [5, 5.41) is 9.41. The molecule has 0 fully saturated rings. The predicted molar refractivity (Wildman–Crippen MR) is 100 cm³/mol. The van der Waals surface area contributed by atoms with Crippen LogP contribution in [0.1, 0.15) is 35.7 Å². The molecule has 6 nitrogen and oxygen atoms in total. The molecular weight excluding hydrogens is 349 g/mol. The van der Waals surface area contributed by atoms with Crippen molar-refractivity contribution in [3.05, 3.63) is 65.5 Å². The van der Waals surface area contributed by atoms with Crippen molar-refractivity contribution in [2.45, 2.75) is 25.9 Å². The van der Waals surface area contributed by atoms with Crippen LogP contribution in [-0.2, 0) is 9.63 Å². The molecule has 2 N–H and O–H groups in total. The Morgan fingerprint density at radius 3 is 2.81 bits per heavy atom. The van der Waals surface area contributed by atoms with Gasteiger partial charge >= 0.3 is 0 Å². The van der Waals surface area contributed by atoms with Gasteiger partial charge < -0.3 is 15.5 Å². The van der Waals surface area contributed by atoms with Gasteiger partial charge in [-0.1, -0.05) is 36.3 Å². The van der Waals surface area contributed by atoms with Gasteiger partial charge in [-0.05, 0) is 30.7 Å². The Bertz CT molecular complexity index is 882. The Labute approximate surface area is 156 Å². The number of hydrogen-bond acceptors (Lipinski definition) is 4. The molecule has 1 atom stereocenters. The molecule has 0 saturated carbocycles. The zero-order valence-corrected chi connectivity index (χ0v) is 14.9. The zero-order valence-electron chi connectivity index (χ0n) is 14.9. The summed E-state index contributed by atoms with van der Waals surface area (Å²) in [6, 6.07) is 12.7. The molecule has 7 heteroatoms. The first-order chi connectivity index (χ1) is 13.1. The summed E-state index contributed by atoms with van der Waals surface area (Å²) in [5.41, 5.74) is 1.86. The van der Waals surface area contributed by atoms with E-state index in [4.69, 9.17) is 4.84 Å². The molecule has 0 radical (unpaired) electrons. The highest BCUT2D eigenvalue weighted by Gasteiger charge is 2.29. The molecule has 0 spiro atoms. The van der Waals surface area contributed by atoms with Gasteiger partial charge in [0.15, 0.2) is 0 Å². The number of nitrogens with zero attached hydrogens (tertiary/aromatic N) is 1. The normalized spacial score (nSPS) is 15.6. The first-order valence-electron chi connectivity index (χ1n) is 8.75. The average Bonchev–Trinajstić information content (AvgIpc) is 3.17. The molecule has 2 aromatic rings. The molecule has 1 aliphatic rings. The van der Waals surface area contributed by atoms with Crippen LogP contribution in [0.15, 0.2) is 53.7 Å². The van der Waals surface area contributed by atoms with Gasteiger partial charge in [0.1, 0.15) is 5.82 Å². The summed E-state index contributed by atoms with van der Waals surface area (Å²) in [5.74, 6) is -1.05. The van der Waals surface area contributed by atoms with Crippen molar-refractivity contribution >= 4 is 23.2 Å². The van der Waals surface area contributed by atoms with Crippen LogP contribution in [0.4, 0.5) is 10.1 Å². The molecule has 1 aliphatic heterocycles. The Balaban J connectivity index is 1.66. The van der Waals surface area contributed by atoms with E-state index in [1.807, 2.05) is 6.92 Å². The number of oxime groups is 1. The van der Waals surface area contributed by atoms with Crippen molar-refractivity contribution < 1.29 is 18.8 Å². The number of rotatable bonds is 6. The molecule has 27 heavy (non-hydrogen) atoms. The molecule has 0 aliphatic carbocycles. The zero-order chi connectivity index (χ0) is 19.2. The van der Waals surface area contributed by atoms with Crippen molar-refractivity contribution in [3.8, 4) is 0 Å². The molecule has 2 aromatic carbocycles. The summed E-state index contributed by atoms with van der Waals surface area (Å²) in [7, 11) is 0. The van der Waals surface area contributed by atoms with Crippen LogP contribution in [0.25, 0.3) is 0 Å². The number of nitrogens with one attached hydrogen (secondary N) is 2. The number of hydrogen-bond donors (Lipinski definition) is 2. The average molecular weight is 369 g/mol. The van der Waals surface area contributed by atoms with Crippen LogP contribution in [0.2, 0.25) is 0 Å². The lowest BCUT2D eigenvalue weighted by Crippen LogP contribution is -2.30. The fourth-order valence-corrected chi connectivity index (χ4v) is 2.69. The minimum atomic E-state index is -0.838. The number of carbonyl (C=O) groups is 2. The smallest absolute Gasteiger partial charge is 0.268 e. The van der Waals surface area contributed by atoms with E-state index in [0.717, 1.165) is 6.42 Å². The lowest BCUT2D eigenvalue weighted by Gasteiger charge is -2.13. The highest BCUT2D eigenvalue weighted by molar-refractivity contribution is 6.08. The maximum atomic E-state index is 13.4. The minimum absolute atomic E-state index is 0.222. The van der Waals surface area contributed by atoms with E-state index in [0.29, 0.717) is 29.1 Å². The first-order valence-corrected chi connectivity index (χ1v) is 8.75. The van der Waals surface area contributed by atoms with Crippen molar-refractivity contribution in [3.63, 3.8) is 0 Å². The van der Waals surface area contributed by atoms with E-state index < -0.39 is 12.0 Å². The fraction of sp³-hybridized carbons (Fsp3) is 0.250. The van der Waals surface area contributed by atoms with Crippen molar-refractivity contribution in [2.75, 3.05) is 11.9 Å². The van der Waals surface area contributed by atoms with Gasteiger partial charge in [-0.15, -0.1) is 0 Å². The summed E-state index contributed by atoms with van der Waals surface area (Å²) < 4.78 is 13.4. The molecular formula is C20H20FN3O3. The van der Waals surface area contributed by atoms with Gasteiger partial charge in [-0.2, -0.15) is 0 Å². The summed E-state index contributed by atoms with van der Waals surface area (Å²) >= 11 is 0. The van der Waals surface area contributed by atoms with Gasteiger partial charge in [-0.25, -0.2) is 4.39 Å². The van der Waals surface area contributed by atoms with Crippen LogP contribution in [0.3, 0.4) is 0 Å². The minimum Gasteiger partial charge on any atom is -0.382 e. The van der Waals surface area contributed by atoms with Gasteiger partial charge in [0, 0.05) is 18.5 Å². The first kappa shape index (κ1) is 18.6. The van der Waals surface area contributed by atoms with Crippen LogP contribution in [0, 0.1) is 5.82 Å². The Morgan fingerprint density at radius 2 is 2.04 bits per heavy atom. The van der Waals surface area contributed by atoms with E-state index in [9.17, 15) is 14.0 Å². The van der Waals surface area contributed by atoms with Gasteiger partial charge in [0.05, 0.1) is 17.0 Å². The summed E-state index contributed by atoms with van der Waals surface area (Å²) in [4.78, 5) is 30.0. The molecule has 0 unspecified atom stereocenters. The predicted octanol–water partition coefficient (Wildman–Crippen LogP) is 3.10. The second-order valence-corrected chi connectivity index (χ2v) is 6.14. The van der Waals surface area contributed by atoms with Crippen LogP contribution >= 0.6 is 0 Å². The largest absolute Gasteiger partial charge is 0.382 e.